The number of hydrogen-bond donors (Lipinski definition) is 2. The lowest BCUT2D eigenvalue weighted by atomic mass is 10.1. The number of amides is 2. The average Bonchev–Trinajstić information content (AvgIpc) is 3.21. The Morgan fingerprint density at radius 3 is 2.62 bits per heavy atom. The van der Waals surface area contributed by atoms with Crippen LogP contribution in [0.1, 0.15) is 22.8 Å². The first-order valence-electron chi connectivity index (χ1n) is 8.17. The van der Waals surface area contributed by atoms with E-state index < -0.39 is 0 Å². The van der Waals surface area contributed by atoms with Crippen molar-refractivity contribution < 1.29 is 9.59 Å². The van der Waals surface area contributed by atoms with E-state index in [1.54, 1.807) is 24.3 Å². The molecular formula is C18H18N6O2. The Morgan fingerprint density at radius 2 is 1.85 bits per heavy atom. The monoisotopic (exact) mass is 350 g/mol. The van der Waals surface area contributed by atoms with Gasteiger partial charge in [-0.1, -0.05) is 37.3 Å². The van der Waals surface area contributed by atoms with Crippen LogP contribution in [0.4, 0.5) is 5.69 Å². The van der Waals surface area contributed by atoms with Gasteiger partial charge in [-0.05, 0) is 40.6 Å². The molecule has 1 aromatic heterocycles. The van der Waals surface area contributed by atoms with Crippen LogP contribution in [-0.4, -0.2) is 38.6 Å². The van der Waals surface area contributed by atoms with E-state index >= 15 is 0 Å². The molecule has 3 aromatic rings. The summed E-state index contributed by atoms with van der Waals surface area (Å²) >= 11 is 0. The lowest BCUT2D eigenvalue weighted by Crippen LogP contribution is -2.33. The first-order valence-corrected chi connectivity index (χ1v) is 8.17. The van der Waals surface area contributed by atoms with Crippen molar-refractivity contribution in [2.75, 3.05) is 11.9 Å². The number of anilines is 1. The fourth-order valence-electron chi connectivity index (χ4n) is 2.54. The molecule has 0 bridgehead atoms. The van der Waals surface area contributed by atoms with E-state index in [0.717, 1.165) is 17.7 Å². The first kappa shape index (κ1) is 17.3. The van der Waals surface area contributed by atoms with Gasteiger partial charge in [-0.15, -0.1) is 5.10 Å². The normalized spacial score (nSPS) is 10.3. The molecule has 1 heterocycles. The van der Waals surface area contributed by atoms with Gasteiger partial charge in [0.1, 0.15) is 6.33 Å². The molecule has 0 spiro atoms. The lowest BCUT2D eigenvalue weighted by Gasteiger charge is -2.11. The Bertz CT molecular complexity index is 908. The number of hydrogen-bond acceptors (Lipinski definition) is 5. The maximum Gasteiger partial charge on any atom is 0.253 e. The second-order valence-corrected chi connectivity index (χ2v) is 5.51. The number of carbonyl (C=O) groups is 2. The highest BCUT2D eigenvalue weighted by Crippen LogP contribution is 2.15. The number of nitrogens with zero attached hydrogens (tertiary/aromatic N) is 4. The SMILES string of the molecule is CCc1ccccc1NC(=O)CNC(=O)c1ccccc1-n1cnnn1. The largest absolute Gasteiger partial charge is 0.343 e. The number of aryl methyl sites for hydroxylation is 1. The summed E-state index contributed by atoms with van der Waals surface area (Å²) in [5.74, 6) is -0.672. The van der Waals surface area contributed by atoms with Gasteiger partial charge in [-0.2, -0.15) is 4.68 Å². The average molecular weight is 350 g/mol. The van der Waals surface area contributed by atoms with Crippen LogP contribution in [0.15, 0.2) is 54.9 Å². The van der Waals surface area contributed by atoms with Crippen molar-refractivity contribution in [1.82, 2.24) is 25.5 Å². The molecular weight excluding hydrogens is 332 g/mol. The second kappa shape index (κ2) is 8.02. The van der Waals surface area contributed by atoms with E-state index in [2.05, 4.69) is 26.2 Å². The van der Waals surface area contributed by atoms with Crippen LogP contribution in [0.25, 0.3) is 5.69 Å². The molecule has 0 atom stereocenters. The smallest absolute Gasteiger partial charge is 0.253 e. The second-order valence-electron chi connectivity index (χ2n) is 5.51. The van der Waals surface area contributed by atoms with Gasteiger partial charge in [0.15, 0.2) is 0 Å². The first-order chi connectivity index (χ1) is 12.7. The number of nitrogens with one attached hydrogen (secondary N) is 2. The maximum atomic E-state index is 12.5. The summed E-state index contributed by atoms with van der Waals surface area (Å²) < 4.78 is 1.40. The number of carbonyl (C=O) groups excluding carboxylic acids is 2. The van der Waals surface area contributed by atoms with Crippen LogP contribution in [0.5, 0.6) is 0 Å². The summed E-state index contributed by atoms with van der Waals surface area (Å²) in [5.41, 5.74) is 2.70. The minimum Gasteiger partial charge on any atom is -0.343 e. The van der Waals surface area contributed by atoms with Crippen LogP contribution in [-0.2, 0) is 11.2 Å². The minimum absolute atomic E-state index is 0.138. The van der Waals surface area contributed by atoms with E-state index in [-0.39, 0.29) is 18.4 Å². The zero-order valence-corrected chi connectivity index (χ0v) is 14.2. The van der Waals surface area contributed by atoms with Crippen molar-refractivity contribution >= 4 is 17.5 Å². The van der Waals surface area contributed by atoms with Crippen molar-refractivity contribution in [3.8, 4) is 5.69 Å². The molecule has 8 heteroatoms. The van der Waals surface area contributed by atoms with Gasteiger partial charge in [-0.25, -0.2) is 0 Å². The number of tetrazole rings is 1. The Kier molecular flexibility index (Phi) is 5.33. The van der Waals surface area contributed by atoms with E-state index in [4.69, 9.17) is 0 Å². The van der Waals surface area contributed by atoms with Gasteiger partial charge in [0.2, 0.25) is 5.91 Å². The fourth-order valence-corrected chi connectivity index (χ4v) is 2.54. The third kappa shape index (κ3) is 3.92. The minimum atomic E-state index is -0.380. The van der Waals surface area contributed by atoms with Gasteiger partial charge in [0.05, 0.1) is 17.8 Å². The molecule has 2 N–H and O–H groups in total. The summed E-state index contributed by atoms with van der Waals surface area (Å²) in [5, 5.41) is 16.4. The third-order valence-corrected chi connectivity index (χ3v) is 3.83. The summed E-state index contributed by atoms with van der Waals surface area (Å²) in [7, 11) is 0. The Morgan fingerprint density at radius 1 is 1.08 bits per heavy atom. The molecule has 0 saturated carbocycles. The highest BCUT2D eigenvalue weighted by atomic mass is 16.2. The molecule has 0 saturated heterocycles. The Balaban J connectivity index is 1.65. The molecule has 0 fully saturated rings. The molecule has 2 aromatic carbocycles. The summed E-state index contributed by atoms with van der Waals surface area (Å²) in [4.78, 5) is 24.6. The number of rotatable bonds is 6. The van der Waals surface area contributed by atoms with Crippen LogP contribution in [0.3, 0.4) is 0 Å². The molecule has 0 unspecified atom stereocenters. The highest BCUT2D eigenvalue weighted by molar-refractivity contribution is 6.01. The van der Waals surface area contributed by atoms with Crippen molar-refractivity contribution in [3.05, 3.63) is 66.0 Å². The molecule has 26 heavy (non-hydrogen) atoms. The molecule has 8 nitrogen and oxygen atoms in total. The summed E-state index contributed by atoms with van der Waals surface area (Å²) in [6, 6.07) is 14.5. The molecule has 2 amide bonds. The van der Waals surface area contributed by atoms with Crippen molar-refractivity contribution in [2.45, 2.75) is 13.3 Å². The van der Waals surface area contributed by atoms with Gasteiger partial charge in [-0.3, -0.25) is 9.59 Å². The predicted molar refractivity (Wildman–Crippen MR) is 95.9 cm³/mol. The third-order valence-electron chi connectivity index (χ3n) is 3.83. The molecule has 0 aliphatic carbocycles. The molecule has 0 radical (unpaired) electrons. The zero-order valence-electron chi connectivity index (χ0n) is 14.2. The predicted octanol–water partition coefficient (Wildman–Crippen LogP) is 1.59. The van der Waals surface area contributed by atoms with Crippen molar-refractivity contribution in [3.63, 3.8) is 0 Å². The van der Waals surface area contributed by atoms with Gasteiger partial charge in [0, 0.05) is 5.69 Å². The summed E-state index contributed by atoms with van der Waals surface area (Å²) in [6.45, 7) is 1.88. The van der Waals surface area contributed by atoms with Crippen LogP contribution in [0.2, 0.25) is 0 Å². The van der Waals surface area contributed by atoms with E-state index in [1.807, 2.05) is 31.2 Å². The van der Waals surface area contributed by atoms with Gasteiger partial charge >= 0.3 is 0 Å². The van der Waals surface area contributed by atoms with E-state index in [1.165, 1.54) is 11.0 Å². The molecule has 3 rings (SSSR count). The summed E-state index contributed by atoms with van der Waals surface area (Å²) in [6.07, 6.45) is 2.21. The maximum absolute atomic E-state index is 12.5. The molecule has 0 aliphatic rings. The van der Waals surface area contributed by atoms with Gasteiger partial charge in [0.25, 0.3) is 5.91 Å². The standard InChI is InChI=1S/C18H18N6O2/c1-2-13-7-3-5-9-15(13)21-17(25)11-19-18(26)14-8-4-6-10-16(14)24-12-20-22-23-24/h3-10,12H,2,11H2,1H3,(H,19,26)(H,21,25). The fraction of sp³-hybridized carbons (Fsp3) is 0.167. The quantitative estimate of drug-likeness (QED) is 0.703. The van der Waals surface area contributed by atoms with Crippen molar-refractivity contribution in [1.29, 1.82) is 0 Å². The van der Waals surface area contributed by atoms with Crippen LogP contribution < -0.4 is 10.6 Å². The topological polar surface area (TPSA) is 102 Å². The number of aromatic nitrogens is 4. The van der Waals surface area contributed by atoms with Crippen LogP contribution >= 0.6 is 0 Å². The van der Waals surface area contributed by atoms with E-state index in [0.29, 0.717) is 11.3 Å². The van der Waals surface area contributed by atoms with Gasteiger partial charge < -0.3 is 10.6 Å². The van der Waals surface area contributed by atoms with E-state index in [9.17, 15) is 9.59 Å². The molecule has 132 valence electrons. The highest BCUT2D eigenvalue weighted by Gasteiger charge is 2.14. The Labute approximate surface area is 150 Å². The number of para-hydroxylation sites is 2. The van der Waals surface area contributed by atoms with Crippen molar-refractivity contribution in [2.24, 2.45) is 0 Å². The lowest BCUT2D eigenvalue weighted by molar-refractivity contribution is -0.115. The molecule has 0 aliphatic heterocycles. The van der Waals surface area contributed by atoms with Crippen LogP contribution in [0, 0.1) is 0 Å². The zero-order chi connectivity index (χ0) is 18.4. The number of benzene rings is 2. The Hall–Kier alpha value is -3.55.